The predicted octanol–water partition coefficient (Wildman–Crippen LogP) is 1.06. The molecular weight excluding hydrogens is 271 g/mol. The molecule has 0 aliphatic carbocycles. The average molecular weight is 294 g/mol. The Morgan fingerprint density at radius 2 is 1.76 bits per heavy atom. The van der Waals surface area contributed by atoms with Crippen LogP contribution < -0.4 is 11.2 Å². The Hall–Kier alpha value is -1.60. The van der Waals surface area contributed by atoms with Crippen LogP contribution in [0.4, 0.5) is 5.82 Å². The van der Waals surface area contributed by atoms with E-state index in [-0.39, 0.29) is 18.3 Å². The third kappa shape index (κ3) is 3.95. The number of methoxy groups -OCH3 is 1. The number of nitrogen functional groups attached to an aromatic ring is 1. The Balaban J connectivity index is 0.000000491. The van der Waals surface area contributed by atoms with Crippen molar-refractivity contribution < 1.29 is 18.8 Å². The van der Waals surface area contributed by atoms with Gasteiger partial charge in [0.2, 0.25) is 0 Å². The van der Waals surface area contributed by atoms with Crippen molar-refractivity contribution in [2.45, 2.75) is 45.8 Å². The third-order valence-corrected chi connectivity index (χ3v) is 3.76. The van der Waals surface area contributed by atoms with Gasteiger partial charge in [-0.2, -0.15) is 0 Å². The molecule has 21 heavy (non-hydrogen) atoms. The van der Waals surface area contributed by atoms with Crippen molar-refractivity contribution in [3.8, 4) is 0 Å². The largest absolute Gasteiger partial charge is 0.496 e. The number of aromatic nitrogens is 1. The maximum atomic E-state index is 8.95. The fourth-order valence-electron chi connectivity index (χ4n) is 1.72. The van der Waals surface area contributed by atoms with Gasteiger partial charge in [-0.15, -0.1) is 0 Å². The van der Waals surface area contributed by atoms with Crippen LogP contribution in [0.25, 0.3) is 0 Å². The number of carbonyl (C=O) groups is 1. The lowest BCUT2D eigenvalue weighted by Crippen LogP contribution is -2.41. The quantitative estimate of drug-likeness (QED) is 0.648. The zero-order valence-corrected chi connectivity index (χ0v) is 13.5. The van der Waals surface area contributed by atoms with E-state index >= 15 is 0 Å². The van der Waals surface area contributed by atoms with Gasteiger partial charge in [0.05, 0.1) is 18.3 Å². The second-order valence-electron chi connectivity index (χ2n) is 5.89. The standard InChI is InChI=1S/C12H19BN2O2.C2H4O2/c1-8-6-9(7-15-10(8)14)13-16-11(2,3)12(4,5)17-13;1-4-2-3/h6-7H,1-5H3,(H2,14,15);2H,1H3. The van der Waals surface area contributed by atoms with E-state index in [1.54, 1.807) is 6.20 Å². The van der Waals surface area contributed by atoms with Crippen molar-refractivity contribution in [1.29, 1.82) is 0 Å². The summed E-state index contributed by atoms with van der Waals surface area (Å²) in [7, 11) is 0.944. The van der Waals surface area contributed by atoms with E-state index in [2.05, 4.69) is 9.72 Å². The Morgan fingerprint density at radius 3 is 2.14 bits per heavy atom. The van der Waals surface area contributed by atoms with Gasteiger partial charge in [-0.1, -0.05) is 6.07 Å². The maximum Gasteiger partial charge on any atom is 0.496 e. The number of ether oxygens (including phenoxy) is 1. The second-order valence-corrected chi connectivity index (χ2v) is 5.89. The zero-order valence-electron chi connectivity index (χ0n) is 13.5. The van der Waals surface area contributed by atoms with E-state index in [0.717, 1.165) is 11.0 Å². The Labute approximate surface area is 126 Å². The summed E-state index contributed by atoms with van der Waals surface area (Å²) in [5, 5.41) is 0. The van der Waals surface area contributed by atoms with Crippen molar-refractivity contribution >= 4 is 24.9 Å². The molecule has 2 rings (SSSR count). The van der Waals surface area contributed by atoms with Gasteiger partial charge in [0.25, 0.3) is 6.47 Å². The summed E-state index contributed by atoms with van der Waals surface area (Å²) in [6.07, 6.45) is 1.71. The first kappa shape index (κ1) is 17.5. The number of nitrogens with zero attached hydrogens (tertiary/aromatic N) is 1. The highest BCUT2D eigenvalue weighted by Crippen LogP contribution is 2.36. The number of anilines is 1. The number of hydrogen-bond donors (Lipinski definition) is 1. The van der Waals surface area contributed by atoms with Gasteiger partial charge in [-0.05, 0) is 40.2 Å². The first-order chi connectivity index (χ1) is 9.64. The van der Waals surface area contributed by atoms with Crippen molar-refractivity contribution in [2.24, 2.45) is 0 Å². The molecule has 1 aromatic heterocycles. The number of carbonyl (C=O) groups excluding carboxylic acids is 1. The van der Waals surface area contributed by atoms with E-state index in [1.165, 1.54) is 7.11 Å². The van der Waals surface area contributed by atoms with Gasteiger partial charge in [0.1, 0.15) is 5.82 Å². The normalized spacial score (nSPS) is 18.7. The molecule has 2 N–H and O–H groups in total. The Kier molecular flexibility index (Phi) is 5.36. The molecule has 0 amide bonds. The molecule has 1 saturated heterocycles. The first-order valence-electron chi connectivity index (χ1n) is 6.68. The highest BCUT2D eigenvalue weighted by Gasteiger charge is 2.51. The third-order valence-electron chi connectivity index (χ3n) is 3.76. The fourth-order valence-corrected chi connectivity index (χ4v) is 1.72. The molecule has 1 aliphatic heterocycles. The molecular formula is C14H23BN2O4. The SMILES string of the molecule is COC=O.Cc1cc(B2OC(C)(C)C(C)(C)O2)cnc1N. The molecule has 1 aromatic rings. The Bertz CT molecular complexity index is 490. The molecule has 6 nitrogen and oxygen atoms in total. The lowest BCUT2D eigenvalue weighted by Gasteiger charge is -2.32. The van der Waals surface area contributed by atoms with E-state index in [1.807, 2.05) is 40.7 Å². The molecule has 2 heterocycles. The predicted molar refractivity (Wildman–Crippen MR) is 82.2 cm³/mol. The van der Waals surface area contributed by atoms with Crippen LogP contribution in [0.2, 0.25) is 0 Å². The van der Waals surface area contributed by atoms with E-state index in [9.17, 15) is 0 Å². The van der Waals surface area contributed by atoms with Gasteiger partial charge in [-0.3, -0.25) is 4.79 Å². The topological polar surface area (TPSA) is 83.7 Å². The van der Waals surface area contributed by atoms with Crippen molar-refractivity contribution in [3.63, 3.8) is 0 Å². The summed E-state index contributed by atoms with van der Waals surface area (Å²) in [4.78, 5) is 13.1. The number of nitrogens with two attached hydrogens (primary N) is 1. The minimum Gasteiger partial charge on any atom is -0.471 e. The molecule has 1 fully saturated rings. The van der Waals surface area contributed by atoms with Crippen LogP contribution in [-0.4, -0.2) is 36.9 Å². The summed E-state index contributed by atoms with van der Waals surface area (Å²) in [6, 6.07) is 1.96. The average Bonchev–Trinajstić information content (AvgIpc) is 2.62. The number of rotatable bonds is 2. The summed E-state index contributed by atoms with van der Waals surface area (Å²) >= 11 is 0. The van der Waals surface area contributed by atoms with Gasteiger partial charge < -0.3 is 19.8 Å². The first-order valence-corrected chi connectivity index (χ1v) is 6.68. The molecule has 0 bridgehead atoms. The van der Waals surface area contributed by atoms with Gasteiger partial charge in [0.15, 0.2) is 0 Å². The molecule has 116 valence electrons. The monoisotopic (exact) mass is 294 g/mol. The van der Waals surface area contributed by atoms with Crippen molar-refractivity contribution in [1.82, 2.24) is 4.98 Å². The highest BCUT2D eigenvalue weighted by molar-refractivity contribution is 6.62. The summed E-state index contributed by atoms with van der Waals surface area (Å²) in [5.41, 5.74) is 6.90. The van der Waals surface area contributed by atoms with E-state index in [4.69, 9.17) is 19.8 Å². The molecule has 0 radical (unpaired) electrons. The highest BCUT2D eigenvalue weighted by atomic mass is 16.7. The fraction of sp³-hybridized carbons (Fsp3) is 0.571. The maximum absolute atomic E-state index is 8.95. The number of aryl methyl sites for hydroxylation is 1. The van der Waals surface area contributed by atoms with E-state index in [0.29, 0.717) is 12.3 Å². The molecule has 0 atom stereocenters. The minimum atomic E-state index is -0.369. The van der Waals surface area contributed by atoms with Crippen LogP contribution >= 0.6 is 0 Å². The van der Waals surface area contributed by atoms with Crippen molar-refractivity contribution in [3.05, 3.63) is 17.8 Å². The minimum absolute atomic E-state index is 0.326. The molecule has 0 saturated carbocycles. The van der Waals surface area contributed by atoms with Crippen LogP contribution in [-0.2, 0) is 18.8 Å². The second kappa shape index (κ2) is 6.45. The van der Waals surface area contributed by atoms with Crippen LogP contribution in [0.5, 0.6) is 0 Å². The summed E-state index contributed by atoms with van der Waals surface area (Å²) in [5.74, 6) is 0.547. The van der Waals surface area contributed by atoms with Crippen LogP contribution in [0, 0.1) is 6.92 Å². The van der Waals surface area contributed by atoms with Crippen LogP contribution in [0.3, 0.4) is 0 Å². The van der Waals surface area contributed by atoms with Gasteiger partial charge in [0, 0.05) is 11.7 Å². The number of pyridine rings is 1. The lowest BCUT2D eigenvalue weighted by molar-refractivity contribution is -0.126. The Morgan fingerprint density at radius 1 is 1.29 bits per heavy atom. The van der Waals surface area contributed by atoms with Crippen LogP contribution in [0.1, 0.15) is 33.3 Å². The number of hydrogen-bond acceptors (Lipinski definition) is 6. The molecule has 1 aliphatic rings. The summed E-state index contributed by atoms with van der Waals surface area (Å²) in [6.45, 7) is 10.4. The van der Waals surface area contributed by atoms with Gasteiger partial charge >= 0.3 is 7.12 Å². The summed E-state index contributed by atoms with van der Waals surface area (Å²) < 4.78 is 15.7. The smallest absolute Gasteiger partial charge is 0.471 e. The molecule has 0 spiro atoms. The molecule has 0 unspecified atom stereocenters. The molecule has 0 aromatic carbocycles. The zero-order chi connectivity index (χ0) is 16.3. The lowest BCUT2D eigenvalue weighted by atomic mass is 9.80. The van der Waals surface area contributed by atoms with Crippen molar-refractivity contribution in [2.75, 3.05) is 12.8 Å². The van der Waals surface area contributed by atoms with Gasteiger partial charge in [-0.25, -0.2) is 4.98 Å². The van der Waals surface area contributed by atoms with E-state index < -0.39 is 0 Å². The molecule has 7 heteroatoms. The van der Waals surface area contributed by atoms with Crippen LogP contribution in [0.15, 0.2) is 12.3 Å².